The van der Waals surface area contributed by atoms with Crippen LogP contribution in [0, 0.1) is 13.8 Å². The van der Waals surface area contributed by atoms with Gasteiger partial charge < -0.3 is 20.7 Å². The first-order chi connectivity index (χ1) is 14.3. The summed E-state index contributed by atoms with van der Waals surface area (Å²) in [6.07, 6.45) is 2.16. The molecule has 8 heteroatoms. The van der Waals surface area contributed by atoms with Gasteiger partial charge in [-0.15, -0.1) is 0 Å². The van der Waals surface area contributed by atoms with Gasteiger partial charge >= 0.3 is 6.09 Å². The SMILES string of the molecule is Cc1cc(C(=O)NCc2ccc(/C(N)=N\C(=O)O)cc2)c(C)n1Cc1ccncc1. The number of hydrogen-bond acceptors (Lipinski definition) is 3. The van der Waals surface area contributed by atoms with Crippen molar-refractivity contribution in [3.8, 4) is 0 Å². The van der Waals surface area contributed by atoms with Crippen molar-refractivity contribution in [1.82, 2.24) is 14.9 Å². The van der Waals surface area contributed by atoms with E-state index in [0.29, 0.717) is 24.2 Å². The van der Waals surface area contributed by atoms with Gasteiger partial charge in [0.1, 0.15) is 5.84 Å². The van der Waals surface area contributed by atoms with E-state index in [2.05, 4.69) is 19.9 Å². The van der Waals surface area contributed by atoms with Crippen LogP contribution in [0.2, 0.25) is 0 Å². The minimum atomic E-state index is -1.34. The number of amides is 2. The van der Waals surface area contributed by atoms with E-state index in [1.807, 2.05) is 32.0 Å². The van der Waals surface area contributed by atoms with Crippen LogP contribution in [0.5, 0.6) is 0 Å². The summed E-state index contributed by atoms with van der Waals surface area (Å²) in [5.74, 6) is -0.222. The molecule has 0 fully saturated rings. The maximum Gasteiger partial charge on any atom is 0.433 e. The third-order valence-electron chi connectivity index (χ3n) is 4.83. The highest BCUT2D eigenvalue weighted by Crippen LogP contribution is 2.17. The van der Waals surface area contributed by atoms with Crippen LogP contribution in [0.15, 0.2) is 59.9 Å². The van der Waals surface area contributed by atoms with E-state index in [1.165, 1.54) is 0 Å². The highest BCUT2D eigenvalue weighted by molar-refractivity contribution is 6.02. The molecule has 154 valence electrons. The second-order valence-electron chi connectivity index (χ2n) is 6.89. The zero-order chi connectivity index (χ0) is 21.7. The van der Waals surface area contributed by atoms with Crippen molar-refractivity contribution in [3.05, 3.63) is 88.5 Å². The van der Waals surface area contributed by atoms with E-state index >= 15 is 0 Å². The van der Waals surface area contributed by atoms with E-state index in [4.69, 9.17) is 10.8 Å². The molecule has 30 heavy (non-hydrogen) atoms. The number of amidine groups is 1. The lowest BCUT2D eigenvalue weighted by atomic mass is 10.1. The molecule has 0 spiro atoms. The second-order valence-corrected chi connectivity index (χ2v) is 6.89. The molecule has 0 atom stereocenters. The molecule has 1 aromatic carbocycles. The lowest BCUT2D eigenvalue weighted by molar-refractivity contribution is 0.0950. The molecular weight excluding hydrogens is 382 g/mol. The van der Waals surface area contributed by atoms with E-state index in [9.17, 15) is 9.59 Å². The maximum absolute atomic E-state index is 12.7. The largest absolute Gasteiger partial charge is 0.463 e. The standard InChI is InChI=1S/C22H23N5O3/c1-14-11-19(15(2)27(14)13-17-7-9-24-10-8-17)21(28)25-12-16-3-5-18(6-4-16)20(23)26-22(29)30/h3-11H,12-13H2,1-2H3,(H2,23,26)(H,25,28)(H,29,30). The van der Waals surface area contributed by atoms with Crippen LogP contribution in [0.25, 0.3) is 0 Å². The first-order valence-corrected chi connectivity index (χ1v) is 9.35. The zero-order valence-corrected chi connectivity index (χ0v) is 16.8. The molecule has 0 aliphatic carbocycles. The number of aliphatic imine (C=N–C) groups is 1. The molecule has 0 aliphatic rings. The number of nitrogens with zero attached hydrogens (tertiary/aromatic N) is 3. The average molecular weight is 405 g/mol. The van der Waals surface area contributed by atoms with Crippen LogP contribution < -0.4 is 11.1 Å². The van der Waals surface area contributed by atoms with Crippen LogP contribution >= 0.6 is 0 Å². The molecule has 0 bridgehead atoms. The minimum absolute atomic E-state index is 0.0697. The van der Waals surface area contributed by atoms with Crippen molar-refractivity contribution in [1.29, 1.82) is 0 Å². The fraction of sp³-hybridized carbons (Fsp3) is 0.182. The van der Waals surface area contributed by atoms with Crippen molar-refractivity contribution < 1.29 is 14.7 Å². The molecule has 3 rings (SSSR count). The summed E-state index contributed by atoms with van der Waals surface area (Å²) >= 11 is 0. The van der Waals surface area contributed by atoms with E-state index in [1.54, 1.807) is 36.7 Å². The summed E-state index contributed by atoms with van der Waals surface area (Å²) in [4.78, 5) is 30.6. The van der Waals surface area contributed by atoms with Crippen LogP contribution in [0.4, 0.5) is 4.79 Å². The van der Waals surface area contributed by atoms with Gasteiger partial charge in [0, 0.05) is 42.4 Å². The molecule has 2 heterocycles. The number of carbonyl (C=O) groups is 2. The van der Waals surface area contributed by atoms with Gasteiger partial charge in [-0.1, -0.05) is 24.3 Å². The Hall–Kier alpha value is -3.94. The third-order valence-corrected chi connectivity index (χ3v) is 4.83. The summed E-state index contributed by atoms with van der Waals surface area (Å²) in [7, 11) is 0. The normalized spacial score (nSPS) is 11.3. The highest BCUT2D eigenvalue weighted by atomic mass is 16.4. The minimum Gasteiger partial charge on any atom is -0.463 e. The number of rotatable bonds is 6. The maximum atomic E-state index is 12.7. The van der Waals surface area contributed by atoms with Gasteiger partial charge in [-0.3, -0.25) is 9.78 Å². The predicted molar refractivity (Wildman–Crippen MR) is 114 cm³/mol. The fourth-order valence-electron chi connectivity index (χ4n) is 3.18. The first kappa shape index (κ1) is 20.8. The molecule has 2 amide bonds. The Balaban J connectivity index is 1.67. The molecule has 0 radical (unpaired) electrons. The highest BCUT2D eigenvalue weighted by Gasteiger charge is 2.15. The van der Waals surface area contributed by atoms with E-state index in [-0.39, 0.29) is 11.7 Å². The topological polar surface area (TPSA) is 123 Å². The van der Waals surface area contributed by atoms with Crippen LogP contribution in [0.3, 0.4) is 0 Å². The summed E-state index contributed by atoms with van der Waals surface area (Å²) in [6.45, 7) is 4.92. The van der Waals surface area contributed by atoms with Gasteiger partial charge in [0.15, 0.2) is 0 Å². The van der Waals surface area contributed by atoms with E-state index < -0.39 is 6.09 Å². The Morgan fingerprint density at radius 3 is 2.40 bits per heavy atom. The van der Waals surface area contributed by atoms with Crippen molar-refractivity contribution >= 4 is 17.8 Å². The number of pyridine rings is 1. The van der Waals surface area contributed by atoms with Gasteiger partial charge in [0.25, 0.3) is 5.91 Å². The quantitative estimate of drug-likeness (QED) is 0.430. The number of nitrogens with two attached hydrogens (primary N) is 1. The van der Waals surface area contributed by atoms with Crippen LogP contribution in [-0.2, 0) is 13.1 Å². The Labute approximate surface area is 174 Å². The molecule has 2 aromatic heterocycles. The molecular formula is C22H23N5O3. The smallest absolute Gasteiger partial charge is 0.433 e. The summed E-state index contributed by atoms with van der Waals surface area (Å²) in [5.41, 5.74) is 10.6. The lowest BCUT2D eigenvalue weighted by Gasteiger charge is -2.10. The van der Waals surface area contributed by atoms with Gasteiger partial charge in [-0.2, -0.15) is 4.99 Å². The monoisotopic (exact) mass is 405 g/mol. The lowest BCUT2D eigenvalue weighted by Crippen LogP contribution is -2.23. The Morgan fingerprint density at radius 2 is 1.77 bits per heavy atom. The molecule has 0 unspecified atom stereocenters. The van der Waals surface area contributed by atoms with Crippen LogP contribution in [0.1, 0.15) is 38.4 Å². The zero-order valence-electron chi connectivity index (χ0n) is 16.8. The van der Waals surface area contributed by atoms with Crippen molar-refractivity contribution in [3.63, 3.8) is 0 Å². The van der Waals surface area contributed by atoms with Crippen molar-refractivity contribution in [2.24, 2.45) is 10.7 Å². The average Bonchev–Trinajstić information content (AvgIpc) is 3.01. The first-order valence-electron chi connectivity index (χ1n) is 9.35. The number of aryl methyl sites for hydroxylation is 1. The molecule has 8 nitrogen and oxygen atoms in total. The number of nitrogens with one attached hydrogen (secondary N) is 1. The molecule has 4 N–H and O–H groups in total. The third kappa shape index (κ3) is 4.91. The summed E-state index contributed by atoms with van der Waals surface area (Å²) in [5, 5.41) is 11.6. The van der Waals surface area contributed by atoms with Gasteiger partial charge in [0.2, 0.25) is 0 Å². The molecule has 0 saturated carbocycles. The molecule has 0 aliphatic heterocycles. The fourth-order valence-corrected chi connectivity index (χ4v) is 3.18. The number of carbonyl (C=O) groups excluding carboxylic acids is 1. The predicted octanol–water partition coefficient (Wildman–Crippen LogP) is 2.86. The number of hydrogen-bond donors (Lipinski definition) is 3. The second kappa shape index (κ2) is 9.04. The number of carboxylic acid groups (broad SMARTS) is 1. The number of aromatic nitrogens is 2. The van der Waals surface area contributed by atoms with Crippen molar-refractivity contribution in [2.45, 2.75) is 26.9 Å². The Bertz CT molecular complexity index is 1090. The summed E-state index contributed by atoms with van der Waals surface area (Å²) < 4.78 is 2.10. The molecule has 3 aromatic rings. The van der Waals surface area contributed by atoms with E-state index in [0.717, 1.165) is 22.5 Å². The van der Waals surface area contributed by atoms with Gasteiger partial charge in [0.05, 0.1) is 5.56 Å². The number of benzene rings is 1. The Kier molecular flexibility index (Phi) is 6.26. The van der Waals surface area contributed by atoms with Gasteiger partial charge in [-0.05, 0) is 43.2 Å². The summed E-state index contributed by atoms with van der Waals surface area (Å²) in [6, 6.07) is 12.7. The van der Waals surface area contributed by atoms with Crippen molar-refractivity contribution in [2.75, 3.05) is 0 Å². The Morgan fingerprint density at radius 1 is 1.10 bits per heavy atom. The van der Waals surface area contributed by atoms with Gasteiger partial charge in [-0.25, -0.2) is 4.79 Å². The molecule has 0 saturated heterocycles. The van der Waals surface area contributed by atoms with Crippen LogP contribution in [-0.4, -0.2) is 32.5 Å².